The summed E-state index contributed by atoms with van der Waals surface area (Å²) in [5, 5.41) is 0. The van der Waals surface area contributed by atoms with Crippen molar-refractivity contribution in [3.05, 3.63) is 0 Å². The second-order valence-corrected chi connectivity index (χ2v) is 8.35. The van der Waals surface area contributed by atoms with Crippen molar-refractivity contribution >= 4 is 0 Å². The molecule has 128 valence electrons. The normalized spacial score (nSPS) is 21.1. The van der Waals surface area contributed by atoms with Gasteiger partial charge >= 0.3 is 0 Å². The van der Waals surface area contributed by atoms with E-state index in [4.69, 9.17) is 0 Å². The van der Waals surface area contributed by atoms with Crippen LogP contribution in [-0.4, -0.2) is 0 Å². The summed E-state index contributed by atoms with van der Waals surface area (Å²) in [6, 6.07) is 0. The zero-order valence-electron chi connectivity index (χ0n) is 16.8. The zero-order chi connectivity index (χ0) is 16.8. The van der Waals surface area contributed by atoms with Crippen LogP contribution in [0.5, 0.6) is 0 Å². The van der Waals surface area contributed by atoms with E-state index >= 15 is 0 Å². The van der Waals surface area contributed by atoms with Crippen LogP contribution < -0.4 is 0 Å². The average molecular weight is 297 g/mol. The van der Waals surface area contributed by atoms with E-state index in [2.05, 4.69) is 69.2 Å². The predicted molar refractivity (Wildman–Crippen MR) is 98.6 cm³/mol. The fraction of sp³-hybridized carbons (Fsp3) is 1.00. The van der Waals surface area contributed by atoms with Gasteiger partial charge in [0.2, 0.25) is 0 Å². The molecule has 0 aromatic carbocycles. The summed E-state index contributed by atoms with van der Waals surface area (Å²) in [7, 11) is 0. The van der Waals surface area contributed by atoms with Crippen molar-refractivity contribution in [3.63, 3.8) is 0 Å². The van der Waals surface area contributed by atoms with Crippen LogP contribution in [0.4, 0.5) is 0 Å². The summed E-state index contributed by atoms with van der Waals surface area (Å²) in [5.41, 5.74) is 0.510. The van der Waals surface area contributed by atoms with E-state index in [0.29, 0.717) is 5.41 Å². The summed E-state index contributed by atoms with van der Waals surface area (Å²) in [5.74, 6) is 4.84. The Morgan fingerprint density at radius 1 is 0.667 bits per heavy atom. The Morgan fingerprint density at radius 3 is 1.33 bits per heavy atom. The summed E-state index contributed by atoms with van der Waals surface area (Å²) >= 11 is 0. The minimum atomic E-state index is 0.510. The van der Waals surface area contributed by atoms with Gasteiger partial charge < -0.3 is 0 Å². The molecule has 0 heterocycles. The molecule has 0 bridgehead atoms. The van der Waals surface area contributed by atoms with E-state index in [1.54, 1.807) is 0 Å². The lowest BCUT2D eigenvalue weighted by Crippen LogP contribution is -2.48. The van der Waals surface area contributed by atoms with Gasteiger partial charge in [0.1, 0.15) is 0 Å². The molecule has 0 saturated carbocycles. The number of rotatable bonds is 10. The summed E-state index contributed by atoms with van der Waals surface area (Å²) in [6.45, 7) is 24.5. The van der Waals surface area contributed by atoms with Crippen LogP contribution >= 0.6 is 0 Å². The maximum atomic E-state index is 2.53. The third-order valence-corrected chi connectivity index (χ3v) is 6.70. The minimum absolute atomic E-state index is 0.510. The standard InChI is InChI=1S/C21H44/c1-11-14-21(17(8)12-2,18(9)13-3)20(16(6)7)19(10)15(4)5/h15-20H,11-14H2,1-10H3. The van der Waals surface area contributed by atoms with Crippen molar-refractivity contribution in [1.82, 2.24) is 0 Å². The molecule has 0 rings (SSSR count). The number of hydrogen-bond donors (Lipinski definition) is 0. The summed E-state index contributed by atoms with van der Waals surface area (Å²) in [4.78, 5) is 0. The van der Waals surface area contributed by atoms with Crippen LogP contribution in [0.1, 0.15) is 94.9 Å². The van der Waals surface area contributed by atoms with E-state index in [9.17, 15) is 0 Å². The molecule has 4 atom stereocenters. The second kappa shape index (κ2) is 9.21. The molecule has 0 aliphatic carbocycles. The van der Waals surface area contributed by atoms with E-state index < -0.39 is 0 Å². The van der Waals surface area contributed by atoms with E-state index in [-0.39, 0.29) is 0 Å². The molecule has 0 heteroatoms. The van der Waals surface area contributed by atoms with Crippen LogP contribution in [-0.2, 0) is 0 Å². The van der Waals surface area contributed by atoms with Gasteiger partial charge in [0.15, 0.2) is 0 Å². The van der Waals surface area contributed by atoms with Gasteiger partial charge in [0, 0.05) is 0 Å². The fourth-order valence-corrected chi connectivity index (χ4v) is 5.13. The molecule has 0 aliphatic heterocycles. The van der Waals surface area contributed by atoms with Crippen LogP contribution in [0.2, 0.25) is 0 Å². The molecule has 0 amide bonds. The molecule has 0 aromatic heterocycles. The Balaban J connectivity index is 5.99. The molecule has 0 N–H and O–H groups in total. The van der Waals surface area contributed by atoms with Crippen molar-refractivity contribution in [3.8, 4) is 0 Å². The van der Waals surface area contributed by atoms with Gasteiger partial charge in [-0.25, -0.2) is 0 Å². The highest BCUT2D eigenvalue weighted by atomic mass is 14.5. The molecule has 0 nitrogen and oxygen atoms in total. The van der Waals surface area contributed by atoms with Crippen molar-refractivity contribution in [1.29, 1.82) is 0 Å². The first-order valence-corrected chi connectivity index (χ1v) is 9.70. The molecular formula is C21H44. The van der Waals surface area contributed by atoms with Crippen LogP contribution in [0.3, 0.4) is 0 Å². The highest BCUT2D eigenvalue weighted by Gasteiger charge is 2.48. The third kappa shape index (κ3) is 4.49. The maximum Gasteiger partial charge on any atom is -0.0213 e. The average Bonchev–Trinajstić information content (AvgIpc) is 2.43. The van der Waals surface area contributed by atoms with Gasteiger partial charge in [-0.15, -0.1) is 0 Å². The molecule has 0 saturated heterocycles. The van der Waals surface area contributed by atoms with Gasteiger partial charge in [0.25, 0.3) is 0 Å². The van der Waals surface area contributed by atoms with Crippen molar-refractivity contribution in [2.45, 2.75) is 94.9 Å². The van der Waals surface area contributed by atoms with Gasteiger partial charge in [-0.3, -0.25) is 0 Å². The van der Waals surface area contributed by atoms with Gasteiger partial charge in [0.05, 0.1) is 0 Å². The Kier molecular flexibility index (Phi) is 9.21. The first-order chi connectivity index (χ1) is 9.70. The number of hydrogen-bond acceptors (Lipinski definition) is 0. The predicted octanol–water partition coefficient (Wildman–Crippen LogP) is 7.43. The van der Waals surface area contributed by atoms with Gasteiger partial charge in [-0.1, -0.05) is 88.5 Å². The Hall–Kier alpha value is 0. The SMILES string of the molecule is CCCC(C(C)CC)(C(C)CC)C(C(C)C)C(C)C(C)C. The molecule has 0 spiro atoms. The molecule has 0 radical (unpaired) electrons. The smallest absolute Gasteiger partial charge is 0.0213 e. The van der Waals surface area contributed by atoms with Crippen molar-refractivity contribution < 1.29 is 0 Å². The van der Waals surface area contributed by atoms with E-state index in [1.807, 2.05) is 0 Å². The van der Waals surface area contributed by atoms with Crippen LogP contribution in [0.25, 0.3) is 0 Å². The first-order valence-electron chi connectivity index (χ1n) is 9.70. The highest BCUT2D eigenvalue weighted by Crippen LogP contribution is 2.55. The van der Waals surface area contributed by atoms with E-state index in [1.165, 1.54) is 25.7 Å². The fourth-order valence-electron chi connectivity index (χ4n) is 5.13. The Labute approximate surface area is 136 Å². The summed E-state index contributed by atoms with van der Waals surface area (Å²) < 4.78 is 0. The lowest BCUT2D eigenvalue weighted by molar-refractivity contribution is -0.0584. The lowest BCUT2D eigenvalue weighted by atomic mass is 9.51. The second-order valence-electron chi connectivity index (χ2n) is 8.35. The zero-order valence-corrected chi connectivity index (χ0v) is 16.8. The molecule has 0 aromatic rings. The monoisotopic (exact) mass is 296 g/mol. The van der Waals surface area contributed by atoms with Crippen molar-refractivity contribution in [2.24, 2.45) is 40.9 Å². The minimum Gasteiger partial charge on any atom is -0.0654 e. The van der Waals surface area contributed by atoms with E-state index in [0.717, 1.165) is 35.5 Å². The summed E-state index contributed by atoms with van der Waals surface area (Å²) in [6.07, 6.45) is 5.36. The Bertz CT molecular complexity index is 253. The molecule has 0 fully saturated rings. The quantitative estimate of drug-likeness (QED) is 0.393. The molecule has 0 aliphatic rings. The molecule has 21 heavy (non-hydrogen) atoms. The third-order valence-electron chi connectivity index (χ3n) is 6.70. The van der Waals surface area contributed by atoms with Crippen molar-refractivity contribution in [2.75, 3.05) is 0 Å². The van der Waals surface area contributed by atoms with Gasteiger partial charge in [-0.2, -0.15) is 0 Å². The Morgan fingerprint density at radius 2 is 1.10 bits per heavy atom. The largest absolute Gasteiger partial charge is 0.0654 e. The molecule has 4 unspecified atom stereocenters. The van der Waals surface area contributed by atoms with Gasteiger partial charge in [-0.05, 0) is 47.3 Å². The lowest BCUT2D eigenvalue weighted by Gasteiger charge is -2.54. The first kappa shape index (κ1) is 21.0. The van der Waals surface area contributed by atoms with Crippen LogP contribution in [0, 0.1) is 40.9 Å². The molecular weight excluding hydrogens is 252 g/mol. The maximum absolute atomic E-state index is 2.53. The topological polar surface area (TPSA) is 0 Å². The highest BCUT2D eigenvalue weighted by molar-refractivity contribution is 4.97. The van der Waals surface area contributed by atoms with Crippen LogP contribution in [0.15, 0.2) is 0 Å².